The van der Waals surface area contributed by atoms with Crippen molar-refractivity contribution >= 4 is 20.8 Å². The maximum atomic E-state index is 11.9. The third-order valence-corrected chi connectivity index (χ3v) is 5.49. The summed E-state index contributed by atoms with van der Waals surface area (Å²) in [5.41, 5.74) is 0. The van der Waals surface area contributed by atoms with E-state index < -0.39 is 20.8 Å². The van der Waals surface area contributed by atoms with E-state index in [2.05, 4.69) is 14.7 Å². The average molecular weight is 277 g/mol. The number of sulfonamides is 1. The number of aromatic nitrogens is 2. The monoisotopic (exact) mass is 277 g/mol. The zero-order chi connectivity index (χ0) is 12.5. The summed E-state index contributed by atoms with van der Waals surface area (Å²) < 4.78 is 37.7. The van der Waals surface area contributed by atoms with Crippen molar-refractivity contribution < 1.29 is 12.6 Å². The van der Waals surface area contributed by atoms with Gasteiger partial charge in [-0.05, 0) is 19.8 Å². The Labute approximate surface area is 103 Å². The van der Waals surface area contributed by atoms with Gasteiger partial charge in [0.15, 0.2) is 5.03 Å². The number of aryl methyl sites for hydroxylation is 1. The summed E-state index contributed by atoms with van der Waals surface area (Å²) in [6.07, 6.45) is 2.55. The number of imidazole rings is 1. The zero-order valence-electron chi connectivity index (χ0n) is 9.47. The molecule has 0 aliphatic carbocycles. The largest absolute Gasteiger partial charge is 0.332 e. The molecule has 0 atom stereocenters. The second-order valence-corrected chi connectivity index (χ2v) is 7.46. The molecule has 0 unspecified atom stereocenters. The zero-order valence-corrected chi connectivity index (χ0v) is 11.1. The lowest BCUT2D eigenvalue weighted by molar-refractivity contribution is 0.520. The van der Waals surface area contributed by atoms with E-state index in [0.717, 1.165) is 0 Å². The van der Waals surface area contributed by atoms with Crippen LogP contribution in [-0.4, -0.2) is 40.1 Å². The molecular formula is C9H15N3O3S2. The van der Waals surface area contributed by atoms with E-state index in [9.17, 15) is 12.6 Å². The van der Waals surface area contributed by atoms with Gasteiger partial charge in [-0.3, -0.25) is 4.21 Å². The molecule has 1 aliphatic rings. The van der Waals surface area contributed by atoms with Crippen LogP contribution in [0.5, 0.6) is 0 Å². The highest BCUT2D eigenvalue weighted by Gasteiger charge is 2.25. The second kappa shape index (κ2) is 4.87. The predicted molar refractivity (Wildman–Crippen MR) is 64.5 cm³/mol. The van der Waals surface area contributed by atoms with Crippen molar-refractivity contribution in [3.63, 3.8) is 0 Å². The van der Waals surface area contributed by atoms with Crippen LogP contribution >= 0.6 is 0 Å². The first-order valence-corrected chi connectivity index (χ1v) is 8.33. The summed E-state index contributed by atoms with van der Waals surface area (Å²) in [7, 11) is -4.31. The number of rotatable bonds is 3. The fraction of sp³-hybridized carbons (Fsp3) is 0.667. The van der Waals surface area contributed by atoms with Crippen molar-refractivity contribution in [2.24, 2.45) is 0 Å². The first-order valence-electron chi connectivity index (χ1n) is 5.36. The van der Waals surface area contributed by atoms with E-state index in [0.29, 0.717) is 30.2 Å². The average Bonchev–Trinajstić information content (AvgIpc) is 2.69. The number of H-pyrrole nitrogens is 1. The van der Waals surface area contributed by atoms with E-state index in [1.807, 2.05) is 0 Å². The predicted octanol–water partition coefficient (Wildman–Crippen LogP) is -0.0925. The van der Waals surface area contributed by atoms with Crippen LogP contribution in [0.2, 0.25) is 0 Å². The molecule has 0 aromatic carbocycles. The summed E-state index contributed by atoms with van der Waals surface area (Å²) in [4.78, 5) is 6.56. The Morgan fingerprint density at radius 3 is 2.65 bits per heavy atom. The topological polar surface area (TPSA) is 91.9 Å². The Morgan fingerprint density at radius 1 is 1.47 bits per heavy atom. The van der Waals surface area contributed by atoms with E-state index in [1.54, 1.807) is 6.92 Å². The summed E-state index contributed by atoms with van der Waals surface area (Å²) in [6, 6.07) is -0.124. The summed E-state index contributed by atoms with van der Waals surface area (Å²) in [5, 5.41) is 0.0849. The lowest BCUT2D eigenvalue weighted by Crippen LogP contribution is -2.39. The van der Waals surface area contributed by atoms with Crippen molar-refractivity contribution in [1.29, 1.82) is 0 Å². The molecule has 8 heteroatoms. The van der Waals surface area contributed by atoms with Gasteiger partial charge < -0.3 is 4.98 Å². The van der Waals surface area contributed by atoms with Crippen LogP contribution in [0.4, 0.5) is 0 Å². The van der Waals surface area contributed by atoms with Crippen molar-refractivity contribution in [3.8, 4) is 0 Å². The van der Waals surface area contributed by atoms with Crippen molar-refractivity contribution in [2.75, 3.05) is 11.5 Å². The minimum absolute atomic E-state index is 0.0849. The minimum atomic E-state index is -3.52. The molecule has 2 heterocycles. The fourth-order valence-electron chi connectivity index (χ4n) is 1.73. The Balaban J connectivity index is 2.05. The highest BCUT2D eigenvalue weighted by molar-refractivity contribution is 7.89. The first-order chi connectivity index (χ1) is 7.97. The molecule has 1 aliphatic heterocycles. The number of aromatic amines is 1. The molecule has 0 radical (unpaired) electrons. The molecule has 0 spiro atoms. The van der Waals surface area contributed by atoms with Gasteiger partial charge in [0.2, 0.25) is 0 Å². The van der Waals surface area contributed by atoms with Crippen LogP contribution < -0.4 is 4.72 Å². The van der Waals surface area contributed by atoms with E-state index in [4.69, 9.17) is 0 Å². The molecule has 1 aromatic heterocycles. The molecule has 1 fully saturated rings. The summed E-state index contributed by atoms with van der Waals surface area (Å²) in [6.45, 7) is 1.70. The Morgan fingerprint density at radius 2 is 2.12 bits per heavy atom. The first kappa shape index (κ1) is 12.7. The molecular weight excluding hydrogens is 262 g/mol. The van der Waals surface area contributed by atoms with E-state index in [-0.39, 0.29) is 11.1 Å². The summed E-state index contributed by atoms with van der Waals surface area (Å²) >= 11 is 0. The highest BCUT2D eigenvalue weighted by Crippen LogP contribution is 2.13. The van der Waals surface area contributed by atoms with Crippen LogP contribution in [0.3, 0.4) is 0 Å². The maximum Gasteiger partial charge on any atom is 0.257 e. The Kier molecular flexibility index (Phi) is 3.64. The standard InChI is InChI=1S/C9H15N3O3S2/c1-7-10-6-9(11-7)17(14,15)12-8-2-4-16(13)5-3-8/h6,8,12H,2-5H2,1H3,(H,10,11). The lowest BCUT2D eigenvalue weighted by atomic mass is 10.2. The minimum Gasteiger partial charge on any atom is -0.332 e. The third-order valence-electron chi connectivity index (χ3n) is 2.68. The van der Waals surface area contributed by atoms with E-state index in [1.165, 1.54) is 6.20 Å². The van der Waals surface area contributed by atoms with Gasteiger partial charge in [0, 0.05) is 28.3 Å². The fourth-order valence-corrected chi connectivity index (χ4v) is 4.30. The number of hydrogen-bond acceptors (Lipinski definition) is 4. The maximum absolute atomic E-state index is 11.9. The summed E-state index contributed by atoms with van der Waals surface area (Å²) in [5.74, 6) is 1.69. The van der Waals surface area contributed by atoms with Gasteiger partial charge in [0.05, 0.1) is 6.20 Å². The molecule has 17 heavy (non-hydrogen) atoms. The van der Waals surface area contributed by atoms with Gasteiger partial charge in [-0.25, -0.2) is 18.1 Å². The lowest BCUT2D eigenvalue weighted by Gasteiger charge is -2.21. The molecule has 0 saturated carbocycles. The normalized spacial score (nSPS) is 25.9. The van der Waals surface area contributed by atoms with Crippen LogP contribution in [0.25, 0.3) is 0 Å². The number of nitrogens with one attached hydrogen (secondary N) is 2. The highest BCUT2D eigenvalue weighted by atomic mass is 32.2. The van der Waals surface area contributed by atoms with Gasteiger partial charge in [-0.2, -0.15) is 0 Å². The van der Waals surface area contributed by atoms with Crippen LogP contribution in [0.1, 0.15) is 18.7 Å². The molecule has 6 nitrogen and oxygen atoms in total. The number of hydrogen-bond donors (Lipinski definition) is 2. The van der Waals surface area contributed by atoms with Crippen molar-refractivity contribution in [1.82, 2.24) is 14.7 Å². The molecule has 2 rings (SSSR count). The molecule has 1 aromatic rings. The van der Waals surface area contributed by atoms with Gasteiger partial charge in [0.25, 0.3) is 10.0 Å². The molecule has 2 N–H and O–H groups in total. The molecule has 0 amide bonds. The van der Waals surface area contributed by atoms with Crippen LogP contribution in [0.15, 0.2) is 11.2 Å². The van der Waals surface area contributed by atoms with Gasteiger partial charge in [-0.1, -0.05) is 0 Å². The molecule has 1 saturated heterocycles. The number of nitrogens with zero attached hydrogens (tertiary/aromatic N) is 1. The molecule has 96 valence electrons. The van der Waals surface area contributed by atoms with Crippen molar-refractivity contribution in [2.45, 2.75) is 30.8 Å². The Bertz CT molecular complexity index is 513. The third kappa shape index (κ3) is 3.14. The quantitative estimate of drug-likeness (QED) is 0.807. The Hall–Kier alpha value is -0.730. The van der Waals surface area contributed by atoms with Crippen LogP contribution in [0, 0.1) is 6.92 Å². The van der Waals surface area contributed by atoms with Crippen LogP contribution in [-0.2, 0) is 20.8 Å². The molecule has 0 bridgehead atoms. The van der Waals surface area contributed by atoms with Gasteiger partial charge in [0.1, 0.15) is 5.82 Å². The van der Waals surface area contributed by atoms with E-state index >= 15 is 0 Å². The van der Waals surface area contributed by atoms with Crippen molar-refractivity contribution in [3.05, 3.63) is 12.0 Å². The van der Waals surface area contributed by atoms with Gasteiger partial charge >= 0.3 is 0 Å². The second-order valence-electron chi connectivity index (χ2n) is 4.08. The smallest absolute Gasteiger partial charge is 0.257 e. The SMILES string of the molecule is Cc1ncc(S(=O)(=O)NC2CCS(=O)CC2)[nH]1. The van der Waals surface area contributed by atoms with Gasteiger partial charge in [-0.15, -0.1) is 0 Å².